The van der Waals surface area contributed by atoms with Gasteiger partial charge in [0.15, 0.2) is 0 Å². The van der Waals surface area contributed by atoms with Gasteiger partial charge in [-0.1, -0.05) is 6.92 Å². The zero-order valence-corrected chi connectivity index (χ0v) is 15.4. The van der Waals surface area contributed by atoms with E-state index in [1.54, 1.807) is 29.2 Å². The zero-order chi connectivity index (χ0) is 19.1. The molecule has 3 amide bonds. The standard InChI is InChI=1S/C20H23N3O3/c1-4-20(2,3)23(18(25)14-7-8-14)16-11-17(24)22(19(16)26)15-9-5-13(12-21)6-10-15/h5-6,9-10,14,16H,4,7-8,11H2,1-3H3. The molecule has 0 bridgehead atoms. The maximum atomic E-state index is 13.1. The highest BCUT2D eigenvalue weighted by Crippen LogP contribution is 2.38. The number of amides is 3. The predicted molar refractivity (Wildman–Crippen MR) is 96.0 cm³/mol. The minimum Gasteiger partial charge on any atom is -0.325 e. The van der Waals surface area contributed by atoms with E-state index in [-0.39, 0.29) is 30.1 Å². The summed E-state index contributed by atoms with van der Waals surface area (Å²) in [4.78, 5) is 41.3. The smallest absolute Gasteiger partial charge is 0.257 e. The van der Waals surface area contributed by atoms with Crippen LogP contribution in [-0.2, 0) is 14.4 Å². The molecule has 26 heavy (non-hydrogen) atoms. The normalized spacial score (nSPS) is 20.2. The lowest BCUT2D eigenvalue weighted by Gasteiger charge is -2.41. The Bertz CT molecular complexity index is 788. The van der Waals surface area contributed by atoms with Crippen molar-refractivity contribution in [1.29, 1.82) is 5.26 Å². The van der Waals surface area contributed by atoms with Crippen molar-refractivity contribution in [2.24, 2.45) is 5.92 Å². The first-order valence-corrected chi connectivity index (χ1v) is 9.00. The molecule has 1 aliphatic heterocycles. The van der Waals surface area contributed by atoms with Crippen molar-refractivity contribution in [1.82, 2.24) is 4.90 Å². The van der Waals surface area contributed by atoms with Crippen molar-refractivity contribution in [2.45, 2.75) is 58.0 Å². The minimum absolute atomic E-state index is 0.000719. The molecule has 1 aliphatic carbocycles. The number of benzene rings is 1. The summed E-state index contributed by atoms with van der Waals surface area (Å²) in [6, 6.07) is 7.59. The van der Waals surface area contributed by atoms with E-state index in [9.17, 15) is 14.4 Å². The summed E-state index contributed by atoms with van der Waals surface area (Å²) in [6.45, 7) is 5.86. The van der Waals surface area contributed by atoms with E-state index in [0.29, 0.717) is 17.7 Å². The van der Waals surface area contributed by atoms with E-state index in [1.807, 2.05) is 26.8 Å². The molecule has 0 spiro atoms. The van der Waals surface area contributed by atoms with Crippen LogP contribution in [0.3, 0.4) is 0 Å². The number of carbonyl (C=O) groups is 3. The summed E-state index contributed by atoms with van der Waals surface area (Å²) in [5.74, 6) is -0.724. The summed E-state index contributed by atoms with van der Waals surface area (Å²) in [5.41, 5.74) is 0.401. The number of nitrogens with zero attached hydrogens (tertiary/aromatic N) is 3. The summed E-state index contributed by atoms with van der Waals surface area (Å²) in [5, 5.41) is 8.91. The third kappa shape index (κ3) is 3.10. The van der Waals surface area contributed by atoms with Gasteiger partial charge in [0.05, 0.1) is 23.7 Å². The van der Waals surface area contributed by atoms with Crippen molar-refractivity contribution in [3.8, 4) is 6.07 Å². The predicted octanol–water partition coefficient (Wildman–Crippen LogP) is 2.62. The van der Waals surface area contributed by atoms with E-state index in [4.69, 9.17) is 5.26 Å². The Hall–Kier alpha value is -2.68. The largest absolute Gasteiger partial charge is 0.325 e. The second-order valence-corrected chi connectivity index (χ2v) is 7.59. The molecule has 1 atom stereocenters. The highest BCUT2D eigenvalue weighted by molar-refractivity contribution is 6.23. The van der Waals surface area contributed by atoms with Crippen molar-refractivity contribution < 1.29 is 14.4 Å². The monoisotopic (exact) mass is 353 g/mol. The van der Waals surface area contributed by atoms with Crippen LogP contribution >= 0.6 is 0 Å². The molecule has 0 N–H and O–H groups in total. The number of hydrogen-bond acceptors (Lipinski definition) is 4. The summed E-state index contributed by atoms with van der Waals surface area (Å²) >= 11 is 0. The van der Waals surface area contributed by atoms with E-state index < -0.39 is 11.6 Å². The third-order valence-electron chi connectivity index (χ3n) is 5.37. The molecular formula is C20H23N3O3. The number of carbonyl (C=O) groups excluding carboxylic acids is 3. The maximum Gasteiger partial charge on any atom is 0.257 e. The highest BCUT2D eigenvalue weighted by atomic mass is 16.2. The molecular weight excluding hydrogens is 330 g/mol. The lowest BCUT2D eigenvalue weighted by atomic mass is 9.95. The fraction of sp³-hybridized carbons (Fsp3) is 0.500. The van der Waals surface area contributed by atoms with Gasteiger partial charge >= 0.3 is 0 Å². The number of imide groups is 1. The van der Waals surface area contributed by atoms with Crippen LogP contribution in [0.15, 0.2) is 24.3 Å². The van der Waals surface area contributed by atoms with E-state index >= 15 is 0 Å². The zero-order valence-electron chi connectivity index (χ0n) is 15.4. The molecule has 3 rings (SSSR count). The Morgan fingerprint density at radius 1 is 1.27 bits per heavy atom. The van der Waals surface area contributed by atoms with Gasteiger partial charge in [0.25, 0.3) is 5.91 Å². The van der Waals surface area contributed by atoms with E-state index in [0.717, 1.165) is 17.7 Å². The minimum atomic E-state index is -0.763. The van der Waals surface area contributed by atoms with Gasteiger partial charge in [-0.15, -0.1) is 0 Å². The lowest BCUT2D eigenvalue weighted by molar-refractivity contribution is -0.146. The van der Waals surface area contributed by atoms with Gasteiger partial charge in [0.2, 0.25) is 11.8 Å². The number of rotatable bonds is 5. The van der Waals surface area contributed by atoms with Crippen LogP contribution < -0.4 is 4.90 Å². The van der Waals surface area contributed by atoms with E-state index in [1.165, 1.54) is 0 Å². The molecule has 6 heteroatoms. The van der Waals surface area contributed by atoms with Crippen molar-refractivity contribution in [2.75, 3.05) is 4.90 Å². The molecule has 1 heterocycles. The number of nitriles is 1. The van der Waals surface area contributed by atoms with Gasteiger partial charge in [-0.05, 0) is 57.4 Å². The average Bonchev–Trinajstić information content (AvgIpc) is 3.42. The molecule has 136 valence electrons. The molecule has 1 aromatic rings. The van der Waals surface area contributed by atoms with Gasteiger partial charge in [0, 0.05) is 11.5 Å². The van der Waals surface area contributed by atoms with E-state index in [2.05, 4.69) is 0 Å². The Kier molecular flexibility index (Phi) is 4.57. The topological polar surface area (TPSA) is 81.5 Å². The van der Waals surface area contributed by atoms with Crippen LogP contribution in [-0.4, -0.2) is 34.2 Å². The van der Waals surface area contributed by atoms with Crippen LogP contribution in [0.1, 0.15) is 52.0 Å². The van der Waals surface area contributed by atoms with Gasteiger partial charge < -0.3 is 4.90 Å². The van der Waals surface area contributed by atoms with Crippen molar-refractivity contribution in [3.05, 3.63) is 29.8 Å². The van der Waals surface area contributed by atoms with Gasteiger partial charge in [-0.3, -0.25) is 14.4 Å². The first-order chi connectivity index (χ1) is 12.3. The van der Waals surface area contributed by atoms with Gasteiger partial charge in [-0.2, -0.15) is 5.26 Å². The highest BCUT2D eigenvalue weighted by Gasteiger charge is 2.50. The molecule has 2 aliphatic rings. The molecule has 1 saturated carbocycles. The molecule has 2 fully saturated rings. The summed E-state index contributed by atoms with van der Waals surface area (Å²) < 4.78 is 0. The fourth-order valence-electron chi connectivity index (χ4n) is 3.35. The molecule has 0 aromatic heterocycles. The van der Waals surface area contributed by atoms with Crippen LogP contribution in [0.25, 0.3) is 0 Å². The summed E-state index contributed by atoms with van der Waals surface area (Å²) in [7, 11) is 0. The van der Waals surface area contributed by atoms with Crippen molar-refractivity contribution in [3.63, 3.8) is 0 Å². The van der Waals surface area contributed by atoms with Gasteiger partial charge in [0.1, 0.15) is 6.04 Å². The molecule has 1 saturated heterocycles. The first-order valence-electron chi connectivity index (χ1n) is 9.00. The SMILES string of the molecule is CCC(C)(C)N(C(=O)C1CC1)C1CC(=O)N(c2ccc(C#N)cc2)C1=O. The fourth-order valence-corrected chi connectivity index (χ4v) is 3.35. The van der Waals surface area contributed by atoms with Gasteiger partial charge in [-0.25, -0.2) is 4.90 Å². The van der Waals surface area contributed by atoms with Crippen LogP contribution in [0.4, 0.5) is 5.69 Å². The first kappa shape index (κ1) is 18.1. The molecule has 1 aromatic carbocycles. The maximum absolute atomic E-state index is 13.1. The quantitative estimate of drug-likeness (QED) is 0.762. The Morgan fingerprint density at radius 3 is 2.38 bits per heavy atom. The van der Waals surface area contributed by atoms with Crippen LogP contribution in [0, 0.1) is 17.2 Å². The average molecular weight is 353 g/mol. The number of hydrogen-bond donors (Lipinski definition) is 0. The molecule has 1 unspecified atom stereocenters. The van der Waals surface area contributed by atoms with Crippen LogP contribution in [0.5, 0.6) is 0 Å². The lowest BCUT2D eigenvalue weighted by Crippen LogP contribution is -2.56. The number of anilines is 1. The second kappa shape index (κ2) is 6.56. The third-order valence-corrected chi connectivity index (χ3v) is 5.37. The molecule has 0 radical (unpaired) electrons. The van der Waals surface area contributed by atoms with Crippen LogP contribution in [0.2, 0.25) is 0 Å². The summed E-state index contributed by atoms with van der Waals surface area (Å²) in [6.07, 6.45) is 2.40. The Labute approximate surface area is 153 Å². The Balaban J connectivity index is 1.92. The molecule has 6 nitrogen and oxygen atoms in total. The Morgan fingerprint density at radius 2 is 1.88 bits per heavy atom. The second-order valence-electron chi connectivity index (χ2n) is 7.59. The van der Waals surface area contributed by atoms with Crippen molar-refractivity contribution >= 4 is 23.4 Å².